The van der Waals surface area contributed by atoms with Gasteiger partial charge in [0.15, 0.2) is 5.75 Å². The van der Waals surface area contributed by atoms with Crippen LogP contribution in [-0.4, -0.2) is 47.8 Å². The molecule has 1 saturated carbocycles. The third-order valence-corrected chi connectivity index (χ3v) is 7.14. The summed E-state index contributed by atoms with van der Waals surface area (Å²) >= 11 is 0. The number of hydrogen-bond donors (Lipinski definition) is 1. The maximum absolute atomic E-state index is 14.0. The van der Waals surface area contributed by atoms with Gasteiger partial charge in [-0.25, -0.2) is 9.18 Å². The largest absolute Gasteiger partial charge is 0.427 e. The van der Waals surface area contributed by atoms with E-state index in [1.54, 1.807) is 12.1 Å². The van der Waals surface area contributed by atoms with Crippen molar-refractivity contribution in [1.29, 1.82) is 0 Å². The van der Waals surface area contributed by atoms with E-state index in [9.17, 15) is 22.8 Å². The van der Waals surface area contributed by atoms with E-state index in [-0.39, 0.29) is 17.4 Å². The SMILES string of the molecule is CN(C)C1(c2cccc(F)c2)CCC2(CC1)CN(c1ccc(OC(C)(F)F)c(=O)n1C)C(=O)N2. The molecular weight excluding hydrogens is 449 g/mol. The lowest BCUT2D eigenvalue weighted by atomic mass is 9.69. The summed E-state index contributed by atoms with van der Waals surface area (Å²) < 4.78 is 46.0. The molecule has 2 aliphatic rings. The Labute approximate surface area is 196 Å². The predicted octanol–water partition coefficient (Wildman–Crippen LogP) is 3.82. The van der Waals surface area contributed by atoms with E-state index in [4.69, 9.17) is 0 Å². The van der Waals surface area contributed by atoms with Gasteiger partial charge in [-0.15, -0.1) is 0 Å². The maximum atomic E-state index is 14.0. The molecule has 1 aromatic heterocycles. The first-order valence-corrected chi connectivity index (χ1v) is 11.2. The molecule has 0 radical (unpaired) electrons. The minimum atomic E-state index is -3.49. The number of nitrogens with zero attached hydrogens (tertiary/aromatic N) is 3. The quantitative estimate of drug-likeness (QED) is 0.710. The number of alkyl halides is 2. The summed E-state index contributed by atoms with van der Waals surface area (Å²) in [6, 6.07) is 8.87. The van der Waals surface area contributed by atoms with Gasteiger partial charge in [0.1, 0.15) is 11.6 Å². The number of hydrogen-bond acceptors (Lipinski definition) is 4. The molecule has 4 rings (SSSR count). The normalized spacial score (nSPS) is 25.2. The van der Waals surface area contributed by atoms with E-state index < -0.39 is 23.0 Å². The molecule has 2 heterocycles. The first-order valence-electron chi connectivity index (χ1n) is 11.2. The van der Waals surface area contributed by atoms with Gasteiger partial charge < -0.3 is 10.1 Å². The number of urea groups is 1. The van der Waals surface area contributed by atoms with Crippen molar-refractivity contribution in [3.63, 3.8) is 0 Å². The highest BCUT2D eigenvalue weighted by molar-refractivity contribution is 5.94. The molecule has 184 valence electrons. The number of ether oxygens (including phenoxy) is 1. The van der Waals surface area contributed by atoms with Crippen molar-refractivity contribution in [2.24, 2.45) is 7.05 Å². The highest BCUT2D eigenvalue weighted by atomic mass is 19.3. The fraction of sp³-hybridized carbons (Fsp3) is 0.500. The fourth-order valence-electron chi connectivity index (χ4n) is 5.24. The lowest BCUT2D eigenvalue weighted by Crippen LogP contribution is -2.54. The second-order valence-corrected chi connectivity index (χ2v) is 9.56. The van der Waals surface area contributed by atoms with Gasteiger partial charge in [0.25, 0.3) is 5.56 Å². The van der Waals surface area contributed by atoms with E-state index >= 15 is 0 Å². The molecular formula is C24H29F3N4O3. The van der Waals surface area contributed by atoms with Crippen molar-refractivity contribution in [3.05, 3.63) is 58.1 Å². The number of anilines is 1. The summed E-state index contributed by atoms with van der Waals surface area (Å²) in [6.45, 7) is 0.884. The smallest absolute Gasteiger partial charge is 0.395 e. The number of pyridine rings is 1. The van der Waals surface area contributed by atoms with Gasteiger partial charge in [-0.05, 0) is 69.6 Å². The van der Waals surface area contributed by atoms with Crippen molar-refractivity contribution < 1.29 is 22.7 Å². The Morgan fingerprint density at radius 3 is 2.35 bits per heavy atom. The van der Waals surface area contributed by atoms with Crippen molar-refractivity contribution in [3.8, 4) is 5.75 Å². The monoisotopic (exact) mass is 478 g/mol. The van der Waals surface area contributed by atoms with Crippen LogP contribution in [0.25, 0.3) is 0 Å². The number of nitrogens with one attached hydrogen (secondary N) is 1. The Kier molecular flexibility index (Phi) is 5.91. The van der Waals surface area contributed by atoms with Gasteiger partial charge in [0.2, 0.25) is 0 Å². The van der Waals surface area contributed by atoms with Gasteiger partial charge in [-0.1, -0.05) is 12.1 Å². The van der Waals surface area contributed by atoms with Crippen LogP contribution in [-0.2, 0) is 12.6 Å². The molecule has 10 heteroatoms. The first kappa shape index (κ1) is 24.1. The summed E-state index contributed by atoms with van der Waals surface area (Å²) in [5, 5.41) is 3.08. The number of halogens is 3. The van der Waals surface area contributed by atoms with E-state index in [1.165, 1.54) is 24.1 Å². The standard InChI is InChI=1S/C24H29F3N4O3/c1-22(26,27)34-18-8-9-19(30(4)20(18)32)31-15-23(28-21(31)33)10-12-24(13-11-23,29(2)3)16-6-5-7-17(25)14-16/h5-9,14H,10-13,15H2,1-4H3,(H,28,33). The predicted molar refractivity (Wildman–Crippen MR) is 122 cm³/mol. The molecule has 1 N–H and O–H groups in total. The third-order valence-electron chi connectivity index (χ3n) is 7.14. The molecule has 1 aliphatic carbocycles. The van der Waals surface area contributed by atoms with Crippen molar-refractivity contribution >= 4 is 11.8 Å². The Balaban J connectivity index is 1.57. The fourth-order valence-corrected chi connectivity index (χ4v) is 5.24. The van der Waals surface area contributed by atoms with Crippen LogP contribution in [0.5, 0.6) is 5.75 Å². The van der Waals surface area contributed by atoms with E-state index in [2.05, 4.69) is 15.0 Å². The summed E-state index contributed by atoms with van der Waals surface area (Å²) in [5.41, 5.74) is -0.720. The summed E-state index contributed by atoms with van der Waals surface area (Å²) in [7, 11) is 5.36. The van der Waals surface area contributed by atoms with Gasteiger partial charge >= 0.3 is 12.1 Å². The number of carbonyl (C=O) groups is 1. The van der Waals surface area contributed by atoms with Crippen molar-refractivity contribution in [2.45, 2.75) is 49.8 Å². The second-order valence-electron chi connectivity index (χ2n) is 9.56. The molecule has 0 bridgehead atoms. The number of aromatic nitrogens is 1. The van der Waals surface area contributed by atoms with Crippen LogP contribution in [0.3, 0.4) is 0 Å². The van der Waals surface area contributed by atoms with Crippen LogP contribution in [0, 0.1) is 5.82 Å². The van der Waals surface area contributed by atoms with Crippen molar-refractivity contribution in [1.82, 2.24) is 14.8 Å². The molecule has 0 unspecified atom stereocenters. The lowest BCUT2D eigenvalue weighted by molar-refractivity contribution is -0.159. The Bertz CT molecular complexity index is 1150. The van der Waals surface area contributed by atoms with Gasteiger partial charge in [-0.3, -0.25) is 19.2 Å². The topological polar surface area (TPSA) is 66.8 Å². The summed E-state index contributed by atoms with van der Waals surface area (Å²) in [4.78, 5) is 29.0. The van der Waals surface area contributed by atoms with Crippen LogP contribution in [0.1, 0.15) is 38.2 Å². The van der Waals surface area contributed by atoms with Crippen LogP contribution in [0.15, 0.2) is 41.2 Å². The van der Waals surface area contributed by atoms with E-state index in [0.29, 0.717) is 45.0 Å². The first-order chi connectivity index (χ1) is 15.9. The van der Waals surface area contributed by atoms with Gasteiger partial charge in [-0.2, -0.15) is 8.78 Å². The zero-order valence-corrected chi connectivity index (χ0v) is 19.7. The van der Waals surface area contributed by atoms with Gasteiger partial charge in [0.05, 0.1) is 12.1 Å². The maximum Gasteiger partial charge on any atom is 0.395 e. The Hall–Kier alpha value is -3.01. The number of benzene rings is 1. The third kappa shape index (κ3) is 4.26. The summed E-state index contributed by atoms with van der Waals surface area (Å²) in [6.07, 6.45) is -0.780. The van der Waals surface area contributed by atoms with E-state index in [0.717, 1.165) is 16.2 Å². The molecule has 7 nitrogen and oxygen atoms in total. The highest BCUT2D eigenvalue weighted by Gasteiger charge is 2.50. The lowest BCUT2D eigenvalue weighted by Gasteiger charge is -2.48. The molecule has 34 heavy (non-hydrogen) atoms. The minimum Gasteiger partial charge on any atom is -0.427 e. The van der Waals surface area contributed by atoms with Crippen LogP contribution in [0.4, 0.5) is 23.8 Å². The molecule has 0 atom stereocenters. The zero-order chi connectivity index (χ0) is 24.9. The zero-order valence-electron chi connectivity index (χ0n) is 19.7. The van der Waals surface area contributed by atoms with Crippen molar-refractivity contribution in [2.75, 3.05) is 25.5 Å². The van der Waals surface area contributed by atoms with Gasteiger partial charge in [0, 0.05) is 19.5 Å². The molecule has 1 saturated heterocycles. The molecule has 1 aromatic carbocycles. The van der Waals surface area contributed by atoms with Crippen LogP contribution in [0.2, 0.25) is 0 Å². The Morgan fingerprint density at radius 2 is 1.76 bits per heavy atom. The van der Waals surface area contributed by atoms with E-state index in [1.807, 2.05) is 20.2 Å². The number of carbonyl (C=O) groups excluding carboxylic acids is 1. The summed E-state index contributed by atoms with van der Waals surface area (Å²) in [5.74, 6) is -0.481. The highest BCUT2D eigenvalue weighted by Crippen LogP contribution is 2.46. The van der Waals surface area contributed by atoms with Crippen LogP contribution < -0.4 is 20.5 Å². The molecule has 2 fully saturated rings. The minimum absolute atomic E-state index is 0.284. The molecule has 2 amide bonds. The molecule has 1 aliphatic heterocycles. The number of rotatable bonds is 5. The van der Waals surface area contributed by atoms with Crippen LogP contribution >= 0.6 is 0 Å². The average molecular weight is 479 g/mol. The number of amides is 2. The Morgan fingerprint density at radius 1 is 1.09 bits per heavy atom. The average Bonchev–Trinajstić information content (AvgIpc) is 3.07. The molecule has 1 spiro atoms. The second kappa shape index (κ2) is 8.33. The molecule has 2 aromatic rings.